The van der Waals surface area contributed by atoms with Crippen LogP contribution in [-0.4, -0.2) is 82.5 Å². The van der Waals surface area contributed by atoms with Gasteiger partial charge in [-0.15, -0.1) is 0 Å². The fourth-order valence-corrected chi connectivity index (χ4v) is 4.99. The molecule has 5 rings (SSSR count). The molecule has 2 fully saturated rings. The number of aromatic nitrogens is 5. The highest BCUT2D eigenvalue weighted by Crippen LogP contribution is 2.42. The van der Waals surface area contributed by atoms with Crippen LogP contribution in [0.2, 0.25) is 0 Å². The summed E-state index contributed by atoms with van der Waals surface area (Å²) in [7, 11) is 3.48. The highest BCUT2D eigenvalue weighted by molar-refractivity contribution is 5.86. The molecule has 2 aliphatic heterocycles. The summed E-state index contributed by atoms with van der Waals surface area (Å²) in [5.74, 6) is 0.973. The highest BCUT2D eigenvalue weighted by atomic mass is 19.4. The van der Waals surface area contributed by atoms with E-state index >= 15 is 0 Å². The summed E-state index contributed by atoms with van der Waals surface area (Å²) >= 11 is 0. The van der Waals surface area contributed by atoms with Gasteiger partial charge in [-0.1, -0.05) is 0 Å². The fraction of sp³-hybridized carbons (Fsp3) is 0.591. The Labute approximate surface area is 194 Å². The molecular weight excluding hydrogens is 451 g/mol. The molecule has 0 amide bonds. The van der Waals surface area contributed by atoms with E-state index in [1.54, 1.807) is 19.2 Å². The van der Waals surface area contributed by atoms with Crippen molar-refractivity contribution >= 4 is 16.9 Å². The largest absolute Gasteiger partial charge is 0.435 e. The van der Waals surface area contributed by atoms with Crippen molar-refractivity contribution in [2.75, 3.05) is 45.4 Å². The van der Waals surface area contributed by atoms with Crippen LogP contribution >= 0.6 is 0 Å². The van der Waals surface area contributed by atoms with Crippen LogP contribution in [0.3, 0.4) is 0 Å². The first-order chi connectivity index (χ1) is 16.3. The molecule has 0 radical (unpaired) electrons. The van der Waals surface area contributed by atoms with Crippen LogP contribution in [-0.2, 0) is 15.7 Å². The number of H-pyrrole nitrogens is 1. The molecule has 34 heavy (non-hydrogen) atoms. The molecule has 2 bridgehead atoms. The minimum atomic E-state index is -4.65. The molecule has 9 nitrogen and oxygen atoms in total. The number of methoxy groups -OCH3 is 1. The molecule has 0 spiro atoms. The maximum absolute atomic E-state index is 14.2. The molecule has 5 heterocycles. The van der Waals surface area contributed by atoms with Crippen molar-refractivity contribution in [3.63, 3.8) is 0 Å². The Morgan fingerprint density at radius 1 is 1.29 bits per heavy atom. The first kappa shape index (κ1) is 23.1. The van der Waals surface area contributed by atoms with Gasteiger partial charge < -0.3 is 14.4 Å². The Kier molecular flexibility index (Phi) is 5.98. The van der Waals surface area contributed by atoms with Crippen LogP contribution in [0, 0.1) is 0 Å². The number of halogens is 3. The van der Waals surface area contributed by atoms with Crippen LogP contribution in [0.5, 0.6) is 0 Å². The van der Waals surface area contributed by atoms with Gasteiger partial charge in [0.15, 0.2) is 17.2 Å². The second kappa shape index (κ2) is 8.82. The fourth-order valence-electron chi connectivity index (χ4n) is 4.99. The Balaban J connectivity index is 1.74. The van der Waals surface area contributed by atoms with E-state index in [-0.39, 0.29) is 29.2 Å². The minimum Gasteiger partial charge on any atom is -0.383 e. The number of fused-ring (bicyclic) bond motifs is 3. The SMILES string of the molecule is COCCN(C)C(C)c1cc(N2C3CCC2COC3)nc2c1c(C(F)(F)F)nn2-c1ccn[nH]1. The lowest BCUT2D eigenvalue weighted by Gasteiger charge is -2.36. The third-order valence-corrected chi connectivity index (χ3v) is 6.90. The van der Waals surface area contributed by atoms with Crippen molar-refractivity contribution in [3.8, 4) is 5.82 Å². The van der Waals surface area contributed by atoms with Gasteiger partial charge in [-0.25, -0.2) is 4.98 Å². The Morgan fingerprint density at radius 2 is 2.03 bits per heavy atom. The van der Waals surface area contributed by atoms with Crippen LogP contribution in [0.4, 0.5) is 19.0 Å². The van der Waals surface area contributed by atoms with Crippen LogP contribution in [0.1, 0.15) is 37.1 Å². The standard InChI is InChI=1S/C22H28F3N7O2/c1-13(30(2)8-9-33-3)16-10-18(31-14-4-5-15(31)12-34-11-14)27-21-19(16)20(22(23,24)25)29-32(21)17-6-7-26-28-17/h6-7,10,13-15H,4-5,8-9,11-12H2,1-3H3,(H,26,28). The number of hydrogen-bond donors (Lipinski definition) is 1. The van der Waals surface area contributed by atoms with E-state index in [9.17, 15) is 13.2 Å². The number of rotatable bonds is 7. The lowest BCUT2D eigenvalue weighted by atomic mass is 10.0. The summed E-state index contributed by atoms with van der Waals surface area (Å²) in [6, 6.07) is 3.36. The molecule has 3 aromatic rings. The highest BCUT2D eigenvalue weighted by Gasteiger charge is 2.42. The van der Waals surface area contributed by atoms with Crippen LogP contribution in [0.15, 0.2) is 18.3 Å². The van der Waals surface area contributed by atoms with E-state index < -0.39 is 11.9 Å². The van der Waals surface area contributed by atoms with Gasteiger partial charge in [0, 0.05) is 25.8 Å². The zero-order valence-corrected chi connectivity index (χ0v) is 19.3. The van der Waals surface area contributed by atoms with Gasteiger partial charge in [-0.05, 0) is 38.4 Å². The Morgan fingerprint density at radius 3 is 2.65 bits per heavy atom. The zero-order chi connectivity index (χ0) is 24.0. The van der Waals surface area contributed by atoms with E-state index in [1.807, 2.05) is 18.9 Å². The number of aromatic amines is 1. The predicted octanol–water partition coefficient (Wildman–Crippen LogP) is 3.17. The average Bonchev–Trinajstić information content (AvgIpc) is 3.52. The number of alkyl halides is 3. The van der Waals surface area contributed by atoms with Crippen molar-refractivity contribution in [1.29, 1.82) is 0 Å². The summed E-state index contributed by atoms with van der Waals surface area (Å²) in [6.07, 6.45) is -1.23. The van der Waals surface area contributed by atoms with E-state index in [1.165, 1.54) is 10.9 Å². The average molecular weight is 480 g/mol. The number of morpholine rings is 1. The summed E-state index contributed by atoms with van der Waals surface area (Å²) < 4.78 is 54.8. The number of ether oxygens (including phenoxy) is 2. The maximum Gasteiger partial charge on any atom is 0.435 e. The lowest BCUT2D eigenvalue weighted by molar-refractivity contribution is -0.140. The molecule has 0 aromatic carbocycles. The van der Waals surface area contributed by atoms with Crippen LogP contribution in [0.25, 0.3) is 16.9 Å². The quantitative estimate of drug-likeness (QED) is 0.557. The topological polar surface area (TPSA) is 84.3 Å². The molecule has 12 heteroatoms. The van der Waals surface area contributed by atoms with E-state index in [0.29, 0.717) is 43.6 Å². The smallest absolute Gasteiger partial charge is 0.383 e. The number of anilines is 1. The second-order valence-electron chi connectivity index (χ2n) is 8.95. The van der Waals surface area contributed by atoms with Crippen molar-refractivity contribution in [2.24, 2.45) is 0 Å². The molecule has 184 valence electrons. The minimum absolute atomic E-state index is 0.00298. The van der Waals surface area contributed by atoms with Crippen molar-refractivity contribution < 1.29 is 22.6 Å². The van der Waals surface area contributed by atoms with Gasteiger partial charge in [0.1, 0.15) is 5.82 Å². The molecule has 1 N–H and O–H groups in total. The molecule has 3 aromatic heterocycles. The summed E-state index contributed by atoms with van der Waals surface area (Å²) in [5, 5.41) is 10.6. The summed E-state index contributed by atoms with van der Waals surface area (Å²) in [5.41, 5.74) is -0.271. The zero-order valence-electron chi connectivity index (χ0n) is 19.3. The van der Waals surface area contributed by atoms with Gasteiger partial charge >= 0.3 is 6.18 Å². The molecule has 3 unspecified atom stereocenters. The molecule has 3 atom stereocenters. The van der Waals surface area contributed by atoms with Gasteiger partial charge in [0.05, 0.1) is 43.5 Å². The van der Waals surface area contributed by atoms with Crippen LogP contribution < -0.4 is 4.90 Å². The number of likely N-dealkylation sites (N-methyl/N-ethyl adjacent to an activating group) is 1. The first-order valence-electron chi connectivity index (χ1n) is 11.4. The maximum atomic E-state index is 14.2. The third kappa shape index (κ3) is 3.93. The Bertz CT molecular complexity index is 1130. The number of pyridine rings is 1. The normalized spacial score (nSPS) is 21.7. The number of hydrogen-bond acceptors (Lipinski definition) is 7. The van der Waals surface area contributed by atoms with Crippen molar-refractivity contribution in [3.05, 3.63) is 29.6 Å². The van der Waals surface area contributed by atoms with Crippen molar-refractivity contribution in [1.82, 2.24) is 29.9 Å². The third-order valence-electron chi connectivity index (χ3n) is 6.90. The monoisotopic (exact) mass is 479 g/mol. The molecule has 0 aliphatic carbocycles. The molecular formula is C22H28F3N7O2. The first-order valence-corrected chi connectivity index (χ1v) is 11.4. The van der Waals surface area contributed by atoms with E-state index in [4.69, 9.17) is 14.5 Å². The van der Waals surface area contributed by atoms with Gasteiger partial charge in [-0.2, -0.15) is 28.1 Å². The Hall–Kier alpha value is -2.70. The van der Waals surface area contributed by atoms with E-state index in [0.717, 1.165) is 12.8 Å². The molecule has 2 aliphatic rings. The second-order valence-corrected chi connectivity index (χ2v) is 8.95. The van der Waals surface area contributed by atoms with Crippen molar-refractivity contribution in [2.45, 2.75) is 44.1 Å². The van der Waals surface area contributed by atoms with Gasteiger partial charge in [0.25, 0.3) is 0 Å². The van der Waals surface area contributed by atoms with E-state index in [2.05, 4.69) is 20.2 Å². The lowest BCUT2D eigenvalue weighted by Crippen LogP contribution is -2.46. The van der Waals surface area contributed by atoms with Gasteiger partial charge in [0.2, 0.25) is 0 Å². The predicted molar refractivity (Wildman–Crippen MR) is 119 cm³/mol. The number of nitrogens with one attached hydrogen (secondary N) is 1. The molecule has 2 saturated heterocycles. The number of nitrogens with zero attached hydrogens (tertiary/aromatic N) is 6. The molecule has 0 saturated carbocycles. The summed E-state index contributed by atoms with van der Waals surface area (Å²) in [4.78, 5) is 8.96. The summed E-state index contributed by atoms with van der Waals surface area (Å²) in [6.45, 7) is 4.10. The van der Waals surface area contributed by atoms with Gasteiger partial charge in [-0.3, -0.25) is 10.00 Å².